The van der Waals surface area contributed by atoms with Crippen molar-refractivity contribution in [3.63, 3.8) is 0 Å². The maximum Gasteiger partial charge on any atom is 0.338 e. The Morgan fingerprint density at radius 2 is 2.12 bits per heavy atom. The molecule has 0 saturated carbocycles. The van der Waals surface area contributed by atoms with Crippen LogP contribution in [0, 0.1) is 11.6 Å². The highest BCUT2D eigenvalue weighted by molar-refractivity contribution is 5.88. The molecule has 8 heteroatoms. The van der Waals surface area contributed by atoms with Crippen molar-refractivity contribution < 1.29 is 18.7 Å². The summed E-state index contributed by atoms with van der Waals surface area (Å²) in [5.41, 5.74) is 3.88. The van der Waals surface area contributed by atoms with Crippen LogP contribution in [0.2, 0.25) is 0 Å². The maximum absolute atomic E-state index is 13.4. The average molecular weight is 228 g/mol. The van der Waals surface area contributed by atoms with Crippen LogP contribution in [0.15, 0.2) is 22.5 Å². The van der Waals surface area contributed by atoms with Gasteiger partial charge >= 0.3 is 5.97 Å². The zero-order valence-corrected chi connectivity index (χ0v) is 7.74. The van der Waals surface area contributed by atoms with E-state index in [1.54, 1.807) is 0 Å². The highest BCUT2D eigenvalue weighted by Gasteiger charge is 2.22. The number of carboxylic acids is 1. The summed E-state index contributed by atoms with van der Waals surface area (Å²) in [5.74, 6) is -3.41. The molecule has 0 spiro atoms. The maximum atomic E-state index is 13.4. The third-order valence-electron chi connectivity index (χ3n) is 2.04. The van der Waals surface area contributed by atoms with Crippen LogP contribution in [0.3, 0.4) is 0 Å². The number of rotatable bonds is 2. The number of hydrogen-bond donors (Lipinski definition) is 3. The van der Waals surface area contributed by atoms with Crippen LogP contribution in [0.25, 0.3) is 0 Å². The van der Waals surface area contributed by atoms with Crippen molar-refractivity contribution in [2.75, 3.05) is 0 Å². The normalized spacial score (nSPS) is 18.5. The summed E-state index contributed by atoms with van der Waals surface area (Å²) in [7, 11) is 0. The van der Waals surface area contributed by atoms with E-state index in [1.165, 1.54) is 0 Å². The zero-order valence-electron chi connectivity index (χ0n) is 7.74. The average Bonchev–Trinajstić information content (AvgIpc) is 2.73. The molecule has 16 heavy (non-hydrogen) atoms. The number of benzene rings is 1. The Labute approximate surface area is 87.9 Å². The molecule has 0 saturated heterocycles. The first kappa shape index (κ1) is 10.4. The highest BCUT2D eigenvalue weighted by Crippen LogP contribution is 2.23. The number of carboxylic acid groups (broad SMARTS) is 1. The Morgan fingerprint density at radius 1 is 1.38 bits per heavy atom. The number of carbonyl (C=O) groups is 1. The van der Waals surface area contributed by atoms with E-state index in [4.69, 9.17) is 5.11 Å². The lowest BCUT2D eigenvalue weighted by Crippen LogP contribution is -2.25. The number of nitrogens with one attached hydrogen (secondary N) is 2. The topological polar surface area (TPSA) is 86.1 Å². The molecular weight excluding hydrogens is 222 g/mol. The molecule has 0 aromatic heterocycles. The Balaban J connectivity index is 2.45. The number of hydrazine groups is 1. The molecule has 2 rings (SSSR count). The minimum atomic E-state index is -1.53. The van der Waals surface area contributed by atoms with Gasteiger partial charge in [-0.15, -0.1) is 5.11 Å². The van der Waals surface area contributed by atoms with Gasteiger partial charge in [0.15, 0.2) is 6.17 Å². The molecule has 0 fully saturated rings. The quantitative estimate of drug-likeness (QED) is 0.708. The fourth-order valence-electron chi connectivity index (χ4n) is 1.28. The zero-order chi connectivity index (χ0) is 11.7. The molecule has 3 N–H and O–H groups in total. The Morgan fingerprint density at radius 3 is 2.69 bits per heavy atom. The van der Waals surface area contributed by atoms with Crippen LogP contribution in [-0.4, -0.2) is 11.1 Å². The van der Waals surface area contributed by atoms with Gasteiger partial charge in [0.05, 0.1) is 5.56 Å². The molecule has 1 aromatic rings. The summed E-state index contributed by atoms with van der Waals surface area (Å²) in [6.07, 6.45) is -0.864. The Kier molecular flexibility index (Phi) is 2.49. The van der Waals surface area contributed by atoms with Gasteiger partial charge < -0.3 is 5.11 Å². The molecule has 1 aromatic carbocycles. The first-order valence-electron chi connectivity index (χ1n) is 4.22. The van der Waals surface area contributed by atoms with E-state index in [0.29, 0.717) is 6.07 Å². The van der Waals surface area contributed by atoms with Crippen molar-refractivity contribution in [3.8, 4) is 0 Å². The van der Waals surface area contributed by atoms with E-state index in [-0.39, 0.29) is 5.56 Å². The smallest absolute Gasteiger partial charge is 0.338 e. The Bertz CT molecular complexity index is 477. The summed E-state index contributed by atoms with van der Waals surface area (Å²) in [6.45, 7) is 0. The molecule has 84 valence electrons. The lowest BCUT2D eigenvalue weighted by atomic mass is 10.1. The van der Waals surface area contributed by atoms with Gasteiger partial charge in [0.2, 0.25) is 0 Å². The molecule has 1 aliphatic rings. The minimum Gasteiger partial charge on any atom is -0.478 e. The third kappa shape index (κ3) is 1.70. The van der Waals surface area contributed by atoms with Gasteiger partial charge in [-0.2, -0.15) is 5.43 Å². The van der Waals surface area contributed by atoms with E-state index in [1.807, 2.05) is 0 Å². The number of nitrogens with zero attached hydrogens (tertiary/aromatic N) is 2. The van der Waals surface area contributed by atoms with Crippen molar-refractivity contribution in [1.82, 2.24) is 11.0 Å². The van der Waals surface area contributed by atoms with E-state index in [2.05, 4.69) is 21.3 Å². The van der Waals surface area contributed by atoms with Crippen LogP contribution >= 0.6 is 0 Å². The molecule has 0 aliphatic carbocycles. The lowest BCUT2D eigenvalue weighted by molar-refractivity contribution is 0.0691. The second-order valence-electron chi connectivity index (χ2n) is 3.03. The molecule has 1 unspecified atom stereocenters. The molecule has 0 bridgehead atoms. The summed E-state index contributed by atoms with van der Waals surface area (Å²) >= 11 is 0. The third-order valence-corrected chi connectivity index (χ3v) is 2.04. The van der Waals surface area contributed by atoms with E-state index in [0.717, 1.165) is 6.07 Å². The monoisotopic (exact) mass is 228 g/mol. The molecular formula is C8H6F2N4O2. The molecule has 0 radical (unpaired) electrons. The van der Waals surface area contributed by atoms with Gasteiger partial charge in [0.1, 0.15) is 11.6 Å². The summed E-state index contributed by atoms with van der Waals surface area (Å²) < 4.78 is 26.7. The van der Waals surface area contributed by atoms with Crippen LogP contribution in [0.4, 0.5) is 8.78 Å². The van der Waals surface area contributed by atoms with E-state index in [9.17, 15) is 13.6 Å². The predicted octanol–water partition coefficient (Wildman–Crippen LogP) is 1.14. The van der Waals surface area contributed by atoms with E-state index < -0.39 is 29.3 Å². The molecule has 1 heterocycles. The van der Waals surface area contributed by atoms with Crippen molar-refractivity contribution in [2.45, 2.75) is 6.17 Å². The molecule has 6 nitrogen and oxygen atoms in total. The standard InChI is InChI=1S/C8H6F2N4O2/c9-5-2-4(8(15)16)6(10)1-3(5)7-11-13-14-12-7/h1-2,7H,(H,11,14)(H,12,13)(H,15,16). The first-order valence-corrected chi connectivity index (χ1v) is 4.22. The minimum absolute atomic E-state index is 0.115. The van der Waals surface area contributed by atoms with Crippen molar-refractivity contribution >= 4 is 5.97 Å². The van der Waals surface area contributed by atoms with Crippen molar-refractivity contribution in [2.24, 2.45) is 10.3 Å². The van der Waals surface area contributed by atoms with Gasteiger partial charge in [0.25, 0.3) is 0 Å². The second-order valence-corrected chi connectivity index (χ2v) is 3.03. The van der Waals surface area contributed by atoms with Crippen molar-refractivity contribution in [3.05, 3.63) is 34.9 Å². The molecule has 1 aliphatic heterocycles. The van der Waals surface area contributed by atoms with Gasteiger partial charge in [-0.1, -0.05) is 5.22 Å². The Hall–Kier alpha value is -2.09. The molecule has 1 atom stereocenters. The second kappa shape index (κ2) is 3.81. The van der Waals surface area contributed by atoms with Gasteiger partial charge in [-0.25, -0.2) is 19.1 Å². The van der Waals surface area contributed by atoms with Crippen LogP contribution < -0.4 is 11.0 Å². The van der Waals surface area contributed by atoms with Gasteiger partial charge in [-0.05, 0) is 12.1 Å². The fourth-order valence-corrected chi connectivity index (χ4v) is 1.28. The first-order chi connectivity index (χ1) is 7.59. The summed E-state index contributed by atoms with van der Waals surface area (Å²) in [5, 5.41) is 15.4. The fraction of sp³-hybridized carbons (Fsp3) is 0.125. The highest BCUT2D eigenvalue weighted by atomic mass is 19.1. The molecule has 0 amide bonds. The van der Waals surface area contributed by atoms with Crippen LogP contribution in [0.5, 0.6) is 0 Å². The van der Waals surface area contributed by atoms with Gasteiger partial charge in [0, 0.05) is 5.56 Å². The summed E-state index contributed by atoms with van der Waals surface area (Å²) in [4.78, 5) is 10.5. The largest absolute Gasteiger partial charge is 0.478 e. The van der Waals surface area contributed by atoms with Gasteiger partial charge in [-0.3, -0.25) is 0 Å². The SMILES string of the molecule is O=C(O)c1cc(F)c(C2N=NNN2)cc1F. The predicted molar refractivity (Wildman–Crippen MR) is 47.2 cm³/mol. The van der Waals surface area contributed by atoms with E-state index >= 15 is 0 Å². The van der Waals surface area contributed by atoms with Crippen LogP contribution in [0.1, 0.15) is 22.1 Å². The summed E-state index contributed by atoms with van der Waals surface area (Å²) in [6, 6.07) is 1.39. The number of halogens is 2. The number of aromatic carboxylic acids is 1. The lowest BCUT2D eigenvalue weighted by Gasteiger charge is -2.08. The number of hydrogen-bond acceptors (Lipinski definition) is 5. The van der Waals surface area contributed by atoms with Crippen molar-refractivity contribution in [1.29, 1.82) is 0 Å². The van der Waals surface area contributed by atoms with Crippen LogP contribution in [-0.2, 0) is 0 Å².